The highest BCUT2D eigenvalue weighted by Gasteiger charge is 2.14. The molecule has 20 heavy (non-hydrogen) atoms. The number of halogens is 2. The number of aryl methyl sites for hydroxylation is 1. The summed E-state index contributed by atoms with van der Waals surface area (Å²) in [7, 11) is 1.87. The molecule has 2 rings (SSSR count). The zero-order valence-corrected chi connectivity index (χ0v) is 13.3. The van der Waals surface area contributed by atoms with E-state index in [1.54, 1.807) is 24.8 Å². The smallest absolute Gasteiger partial charge is 0.126 e. The molecule has 0 aromatic heterocycles. The van der Waals surface area contributed by atoms with E-state index >= 15 is 0 Å². The van der Waals surface area contributed by atoms with Crippen molar-refractivity contribution in [1.82, 2.24) is 5.32 Å². The van der Waals surface area contributed by atoms with Crippen molar-refractivity contribution in [2.75, 3.05) is 7.05 Å². The van der Waals surface area contributed by atoms with Crippen molar-refractivity contribution in [2.24, 2.45) is 0 Å². The van der Waals surface area contributed by atoms with Gasteiger partial charge in [0.05, 0.1) is 5.02 Å². The number of nitrogens with one attached hydrogen (secondary N) is 1. The molecular weight excluding hydrogens is 293 g/mol. The van der Waals surface area contributed by atoms with Crippen LogP contribution in [0.15, 0.2) is 46.2 Å². The Morgan fingerprint density at radius 2 is 1.90 bits per heavy atom. The zero-order chi connectivity index (χ0) is 14.7. The third kappa shape index (κ3) is 3.35. The molecule has 0 radical (unpaired) electrons. The summed E-state index contributed by atoms with van der Waals surface area (Å²) in [6, 6.07) is 11.3. The van der Waals surface area contributed by atoms with Gasteiger partial charge in [-0.1, -0.05) is 35.5 Å². The summed E-state index contributed by atoms with van der Waals surface area (Å²) >= 11 is 7.77. The highest BCUT2D eigenvalue weighted by molar-refractivity contribution is 7.99. The van der Waals surface area contributed by atoms with Gasteiger partial charge in [-0.05, 0) is 56.3 Å². The lowest BCUT2D eigenvalue weighted by Crippen LogP contribution is -2.13. The lowest BCUT2D eigenvalue weighted by molar-refractivity contribution is 0.594. The standard InChI is InChI=1S/C16H17ClFNS/c1-10-8-16(12(9-14(10)18)11(2)19-3)20-15-7-5-4-6-13(15)17/h4-9,11,19H,1-3H3. The van der Waals surface area contributed by atoms with Gasteiger partial charge >= 0.3 is 0 Å². The molecule has 0 fully saturated rings. The second-order valence-corrected chi connectivity index (χ2v) is 6.17. The SMILES string of the molecule is CNC(C)c1cc(F)c(C)cc1Sc1ccccc1Cl. The van der Waals surface area contributed by atoms with Gasteiger partial charge in [0, 0.05) is 15.8 Å². The lowest BCUT2D eigenvalue weighted by Gasteiger charge is -2.17. The first-order valence-electron chi connectivity index (χ1n) is 6.42. The van der Waals surface area contributed by atoms with E-state index in [1.807, 2.05) is 44.3 Å². The van der Waals surface area contributed by atoms with Crippen LogP contribution in [-0.2, 0) is 0 Å². The van der Waals surface area contributed by atoms with Crippen molar-refractivity contribution in [3.8, 4) is 0 Å². The maximum absolute atomic E-state index is 13.8. The van der Waals surface area contributed by atoms with Crippen LogP contribution in [0.1, 0.15) is 24.1 Å². The number of rotatable bonds is 4. The van der Waals surface area contributed by atoms with Crippen molar-refractivity contribution >= 4 is 23.4 Å². The molecule has 106 valence electrons. The second-order valence-electron chi connectivity index (χ2n) is 4.68. The minimum Gasteiger partial charge on any atom is -0.313 e. The van der Waals surface area contributed by atoms with E-state index in [2.05, 4.69) is 5.32 Å². The number of hydrogen-bond donors (Lipinski definition) is 1. The Balaban J connectivity index is 2.45. The zero-order valence-electron chi connectivity index (χ0n) is 11.7. The van der Waals surface area contributed by atoms with Gasteiger partial charge in [0.25, 0.3) is 0 Å². The van der Waals surface area contributed by atoms with E-state index in [0.717, 1.165) is 15.4 Å². The van der Waals surface area contributed by atoms with Crippen molar-refractivity contribution in [3.05, 3.63) is 58.4 Å². The molecule has 0 saturated heterocycles. The maximum atomic E-state index is 13.8. The van der Waals surface area contributed by atoms with Crippen LogP contribution in [0.4, 0.5) is 4.39 Å². The first kappa shape index (κ1) is 15.4. The Morgan fingerprint density at radius 3 is 2.55 bits per heavy atom. The van der Waals surface area contributed by atoms with Gasteiger partial charge in [-0.25, -0.2) is 4.39 Å². The van der Waals surface area contributed by atoms with Crippen molar-refractivity contribution < 1.29 is 4.39 Å². The fourth-order valence-corrected chi connectivity index (χ4v) is 3.29. The van der Waals surface area contributed by atoms with Crippen molar-refractivity contribution in [3.63, 3.8) is 0 Å². The fourth-order valence-electron chi connectivity index (χ4n) is 1.90. The van der Waals surface area contributed by atoms with Crippen LogP contribution in [-0.4, -0.2) is 7.05 Å². The summed E-state index contributed by atoms with van der Waals surface area (Å²) in [6.07, 6.45) is 0. The Kier molecular flexibility index (Phi) is 5.08. The molecule has 2 aromatic carbocycles. The normalized spacial score (nSPS) is 12.4. The van der Waals surface area contributed by atoms with Gasteiger partial charge in [-0.2, -0.15) is 0 Å². The fraction of sp³-hybridized carbons (Fsp3) is 0.250. The average Bonchev–Trinajstić information content (AvgIpc) is 2.44. The van der Waals surface area contributed by atoms with Crippen LogP contribution in [0.25, 0.3) is 0 Å². The van der Waals surface area contributed by atoms with Gasteiger partial charge in [0.1, 0.15) is 5.82 Å². The van der Waals surface area contributed by atoms with E-state index < -0.39 is 0 Å². The molecule has 0 amide bonds. The highest BCUT2D eigenvalue weighted by atomic mass is 35.5. The maximum Gasteiger partial charge on any atom is 0.126 e. The van der Waals surface area contributed by atoms with E-state index in [4.69, 9.17) is 11.6 Å². The molecule has 0 spiro atoms. The molecule has 1 atom stereocenters. The quantitative estimate of drug-likeness (QED) is 0.831. The molecule has 0 bridgehead atoms. The van der Waals surface area contributed by atoms with E-state index in [0.29, 0.717) is 10.6 Å². The molecule has 1 unspecified atom stereocenters. The number of hydrogen-bond acceptors (Lipinski definition) is 2. The second kappa shape index (κ2) is 6.61. The summed E-state index contributed by atoms with van der Waals surface area (Å²) in [6.45, 7) is 3.79. The molecule has 0 aliphatic heterocycles. The van der Waals surface area contributed by atoms with E-state index in [-0.39, 0.29) is 11.9 Å². The Bertz CT molecular complexity index is 615. The Labute approximate surface area is 128 Å². The van der Waals surface area contributed by atoms with Crippen LogP contribution >= 0.6 is 23.4 Å². The van der Waals surface area contributed by atoms with Crippen LogP contribution < -0.4 is 5.32 Å². The molecule has 2 aromatic rings. The van der Waals surface area contributed by atoms with Gasteiger partial charge in [-0.3, -0.25) is 0 Å². The summed E-state index contributed by atoms with van der Waals surface area (Å²) in [4.78, 5) is 2.00. The Morgan fingerprint density at radius 1 is 1.20 bits per heavy atom. The van der Waals surface area contributed by atoms with Crippen LogP contribution in [0, 0.1) is 12.7 Å². The third-order valence-corrected chi connectivity index (χ3v) is 4.84. The molecule has 0 heterocycles. The van der Waals surface area contributed by atoms with Crippen molar-refractivity contribution in [2.45, 2.75) is 29.7 Å². The van der Waals surface area contributed by atoms with Crippen molar-refractivity contribution in [1.29, 1.82) is 0 Å². The van der Waals surface area contributed by atoms with Gasteiger partial charge in [-0.15, -0.1) is 0 Å². The van der Waals surface area contributed by atoms with Crippen LogP contribution in [0.5, 0.6) is 0 Å². The average molecular weight is 310 g/mol. The molecule has 0 aliphatic carbocycles. The molecule has 0 saturated carbocycles. The van der Waals surface area contributed by atoms with Crippen LogP contribution in [0.2, 0.25) is 5.02 Å². The monoisotopic (exact) mass is 309 g/mol. The summed E-state index contributed by atoms with van der Waals surface area (Å²) in [5, 5.41) is 3.87. The lowest BCUT2D eigenvalue weighted by atomic mass is 10.1. The highest BCUT2D eigenvalue weighted by Crippen LogP contribution is 2.37. The largest absolute Gasteiger partial charge is 0.313 e. The predicted octanol–water partition coefficient (Wildman–Crippen LogP) is 5.22. The minimum atomic E-state index is -0.175. The number of benzene rings is 2. The summed E-state index contributed by atoms with van der Waals surface area (Å²) in [5.41, 5.74) is 1.59. The molecule has 0 aliphatic rings. The first-order valence-corrected chi connectivity index (χ1v) is 7.62. The summed E-state index contributed by atoms with van der Waals surface area (Å²) in [5.74, 6) is -0.175. The summed E-state index contributed by atoms with van der Waals surface area (Å²) < 4.78 is 13.8. The van der Waals surface area contributed by atoms with Gasteiger partial charge < -0.3 is 5.32 Å². The molecular formula is C16H17ClFNS. The van der Waals surface area contributed by atoms with Crippen LogP contribution in [0.3, 0.4) is 0 Å². The molecule has 1 nitrogen and oxygen atoms in total. The first-order chi connectivity index (χ1) is 9.52. The Hall–Kier alpha value is -1.03. The van der Waals surface area contributed by atoms with Gasteiger partial charge in [0.2, 0.25) is 0 Å². The van der Waals surface area contributed by atoms with E-state index in [9.17, 15) is 4.39 Å². The minimum absolute atomic E-state index is 0.0788. The third-order valence-electron chi connectivity index (χ3n) is 3.25. The molecule has 1 N–H and O–H groups in total. The predicted molar refractivity (Wildman–Crippen MR) is 84.2 cm³/mol. The van der Waals surface area contributed by atoms with E-state index in [1.165, 1.54) is 0 Å². The topological polar surface area (TPSA) is 12.0 Å². The molecule has 4 heteroatoms. The van der Waals surface area contributed by atoms with Gasteiger partial charge in [0.15, 0.2) is 0 Å².